The second kappa shape index (κ2) is 4.73. The predicted molar refractivity (Wildman–Crippen MR) is 68.0 cm³/mol. The molecule has 0 aliphatic carbocycles. The summed E-state index contributed by atoms with van der Waals surface area (Å²) >= 11 is 0. The molecule has 1 fully saturated rings. The summed E-state index contributed by atoms with van der Waals surface area (Å²) in [7, 11) is 0. The van der Waals surface area contributed by atoms with Gasteiger partial charge in [-0.2, -0.15) is 0 Å². The molecule has 1 atom stereocenters. The number of amidine groups is 1. The lowest BCUT2D eigenvalue weighted by atomic mass is 10.1. The van der Waals surface area contributed by atoms with E-state index in [1.807, 2.05) is 6.07 Å². The molecule has 0 saturated carbocycles. The maximum absolute atomic E-state index is 13.7. The Kier molecular flexibility index (Phi) is 3.31. The van der Waals surface area contributed by atoms with Crippen LogP contribution in [0, 0.1) is 17.1 Å². The van der Waals surface area contributed by atoms with Gasteiger partial charge in [0.25, 0.3) is 0 Å². The molecule has 1 unspecified atom stereocenters. The van der Waals surface area contributed by atoms with Crippen molar-refractivity contribution in [2.75, 3.05) is 18.0 Å². The Morgan fingerprint density at radius 3 is 2.94 bits per heavy atom. The number of nitrogens with zero attached hydrogens (tertiary/aromatic N) is 1. The largest absolute Gasteiger partial charge is 0.384 e. The van der Waals surface area contributed by atoms with Crippen molar-refractivity contribution in [3.63, 3.8) is 0 Å². The smallest absolute Gasteiger partial charge is 0.136 e. The van der Waals surface area contributed by atoms with Crippen LogP contribution in [0.2, 0.25) is 0 Å². The Balaban J connectivity index is 2.33. The highest BCUT2D eigenvalue weighted by Gasteiger charge is 2.24. The molecule has 0 amide bonds. The Morgan fingerprint density at radius 2 is 2.35 bits per heavy atom. The molecule has 1 aliphatic heterocycles. The number of hydrogen-bond acceptors (Lipinski definition) is 2. The molecule has 2 rings (SSSR count). The van der Waals surface area contributed by atoms with E-state index >= 15 is 0 Å². The molecular weight excluding hydrogens is 217 g/mol. The number of anilines is 1. The third kappa shape index (κ3) is 2.25. The van der Waals surface area contributed by atoms with E-state index in [0.29, 0.717) is 5.92 Å². The van der Waals surface area contributed by atoms with E-state index in [2.05, 4.69) is 11.8 Å². The highest BCUT2D eigenvalue weighted by molar-refractivity contribution is 6.00. The third-order valence-electron chi connectivity index (χ3n) is 3.46. The van der Waals surface area contributed by atoms with Gasteiger partial charge in [0, 0.05) is 13.1 Å². The van der Waals surface area contributed by atoms with Gasteiger partial charge >= 0.3 is 0 Å². The lowest BCUT2D eigenvalue weighted by molar-refractivity contribution is 0.569. The van der Waals surface area contributed by atoms with Crippen LogP contribution in [0.25, 0.3) is 0 Å². The summed E-state index contributed by atoms with van der Waals surface area (Å²) in [6.45, 7) is 4.02. The van der Waals surface area contributed by atoms with Crippen molar-refractivity contribution in [1.29, 1.82) is 5.41 Å². The molecule has 1 aromatic carbocycles. The normalized spacial score (nSPS) is 19.6. The second-order valence-electron chi connectivity index (χ2n) is 4.56. The summed E-state index contributed by atoms with van der Waals surface area (Å²) in [5.74, 6) is 0.0612. The first-order chi connectivity index (χ1) is 8.13. The van der Waals surface area contributed by atoms with E-state index in [-0.39, 0.29) is 11.4 Å². The van der Waals surface area contributed by atoms with Crippen LogP contribution in [0.3, 0.4) is 0 Å². The van der Waals surface area contributed by atoms with Crippen LogP contribution < -0.4 is 10.6 Å². The molecule has 3 N–H and O–H groups in total. The van der Waals surface area contributed by atoms with Crippen molar-refractivity contribution < 1.29 is 4.39 Å². The lowest BCUT2D eigenvalue weighted by Crippen LogP contribution is -2.25. The lowest BCUT2D eigenvalue weighted by Gasteiger charge is -2.21. The maximum Gasteiger partial charge on any atom is 0.136 e. The highest BCUT2D eigenvalue weighted by atomic mass is 19.1. The van der Waals surface area contributed by atoms with E-state index in [9.17, 15) is 4.39 Å². The van der Waals surface area contributed by atoms with E-state index in [1.54, 1.807) is 6.07 Å². The molecule has 3 nitrogen and oxygen atoms in total. The molecule has 0 bridgehead atoms. The van der Waals surface area contributed by atoms with Crippen molar-refractivity contribution >= 4 is 11.5 Å². The fourth-order valence-electron chi connectivity index (χ4n) is 2.43. The molecule has 0 radical (unpaired) electrons. The van der Waals surface area contributed by atoms with Crippen LogP contribution in [0.15, 0.2) is 18.2 Å². The zero-order chi connectivity index (χ0) is 12.4. The Morgan fingerprint density at radius 1 is 1.59 bits per heavy atom. The first-order valence-corrected chi connectivity index (χ1v) is 6.01. The fraction of sp³-hybridized carbons (Fsp3) is 0.462. The number of nitrogens with one attached hydrogen (secondary N) is 1. The number of nitrogens with two attached hydrogens (primary N) is 1. The summed E-state index contributed by atoms with van der Waals surface area (Å²) in [6, 6.07) is 4.88. The summed E-state index contributed by atoms with van der Waals surface area (Å²) in [5.41, 5.74) is 6.46. The number of benzene rings is 1. The molecule has 4 heteroatoms. The Bertz CT molecular complexity index is 431. The Labute approximate surface area is 101 Å². The van der Waals surface area contributed by atoms with E-state index in [4.69, 9.17) is 11.1 Å². The summed E-state index contributed by atoms with van der Waals surface area (Å²) in [5, 5.41) is 7.49. The summed E-state index contributed by atoms with van der Waals surface area (Å²) < 4.78 is 13.7. The molecule has 1 aliphatic rings. The van der Waals surface area contributed by atoms with Crippen LogP contribution in [0.1, 0.15) is 25.3 Å². The minimum atomic E-state index is -0.407. The number of rotatable bonds is 3. The quantitative estimate of drug-likeness (QED) is 0.624. The zero-order valence-corrected chi connectivity index (χ0v) is 10.0. The molecule has 1 heterocycles. The van der Waals surface area contributed by atoms with E-state index in [0.717, 1.165) is 31.6 Å². The van der Waals surface area contributed by atoms with Crippen molar-refractivity contribution in [2.45, 2.75) is 19.8 Å². The minimum absolute atomic E-state index is 0.196. The Hall–Kier alpha value is -1.58. The topological polar surface area (TPSA) is 53.1 Å². The summed E-state index contributed by atoms with van der Waals surface area (Å²) in [6.07, 6.45) is 2.27. The standard InChI is InChI=1S/C13H18FN3/c1-2-9-6-7-17(8-9)11-5-3-4-10(14)12(11)13(15)16/h3-5,9H,2,6-8H2,1H3,(H3,15,16). The summed E-state index contributed by atoms with van der Waals surface area (Å²) in [4.78, 5) is 2.13. The molecule has 0 spiro atoms. The number of halogens is 1. The first-order valence-electron chi connectivity index (χ1n) is 6.01. The maximum atomic E-state index is 13.7. The van der Waals surface area contributed by atoms with Crippen LogP contribution in [0.4, 0.5) is 10.1 Å². The van der Waals surface area contributed by atoms with Gasteiger partial charge < -0.3 is 10.6 Å². The molecule has 92 valence electrons. The second-order valence-corrected chi connectivity index (χ2v) is 4.56. The van der Waals surface area contributed by atoms with Crippen LogP contribution in [0.5, 0.6) is 0 Å². The number of hydrogen-bond donors (Lipinski definition) is 2. The monoisotopic (exact) mass is 235 g/mol. The molecular formula is C13H18FN3. The van der Waals surface area contributed by atoms with Gasteiger partial charge in [0.05, 0.1) is 11.3 Å². The van der Waals surface area contributed by atoms with Crippen molar-refractivity contribution in [1.82, 2.24) is 0 Å². The zero-order valence-electron chi connectivity index (χ0n) is 10.0. The van der Waals surface area contributed by atoms with Gasteiger partial charge in [0.15, 0.2) is 0 Å². The van der Waals surface area contributed by atoms with Gasteiger partial charge in [0.1, 0.15) is 11.7 Å². The van der Waals surface area contributed by atoms with Crippen LogP contribution in [-0.2, 0) is 0 Å². The first kappa shape index (κ1) is 11.9. The van der Waals surface area contributed by atoms with E-state index in [1.165, 1.54) is 6.07 Å². The third-order valence-corrected chi connectivity index (χ3v) is 3.46. The SMILES string of the molecule is CCC1CCN(c2cccc(F)c2C(=N)N)C1. The predicted octanol–water partition coefficient (Wildman–Crippen LogP) is 2.35. The molecule has 17 heavy (non-hydrogen) atoms. The molecule has 1 saturated heterocycles. The average Bonchev–Trinajstić information content (AvgIpc) is 2.76. The van der Waals surface area contributed by atoms with Crippen LogP contribution >= 0.6 is 0 Å². The highest BCUT2D eigenvalue weighted by Crippen LogP contribution is 2.29. The van der Waals surface area contributed by atoms with Gasteiger partial charge in [-0.1, -0.05) is 19.4 Å². The fourth-order valence-corrected chi connectivity index (χ4v) is 2.43. The van der Waals surface area contributed by atoms with Crippen LogP contribution in [-0.4, -0.2) is 18.9 Å². The van der Waals surface area contributed by atoms with Crippen molar-refractivity contribution in [2.24, 2.45) is 11.7 Å². The van der Waals surface area contributed by atoms with Gasteiger partial charge in [-0.3, -0.25) is 5.41 Å². The van der Waals surface area contributed by atoms with Gasteiger partial charge in [-0.15, -0.1) is 0 Å². The van der Waals surface area contributed by atoms with Crippen molar-refractivity contribution in [3.8, 4) is 0 Å². The van der Waals surface area contributed by atoms with Gasteiger partial charge in [0.2, 0.25) is 0 Å². The van der Waals surface area contributed by atoms with Gasteiger partial charge in [-0.05, 0) is 24.5 Å². The molecule has 0 aromatic heterocycles. The molecule has 1 aromatic rings. The minimum Gasteiger partial charge on any atom is -0.384 e. The number of nitrogen functional groups attached to an aromatic ring is 1. The van der Waals surface area contributed by atoms with Crippen molar-refractivity contribution in [3.05, 3.63) is 29.6 Å². The van der Waals surface area contributed by atoms with E-state index < -0.39 is 5.82 Å². The average molecular weight is 235 g/mol. The van der Waals surface area contributed by atoms with Gasteiger partial charge in [-0.25, -0.2) is 4.39 Å².